The molecule has 0 aliphatic heterocycles. The van der Waals surface area contributed by atoms with Crippen molar-refractivity contribution in [2.45, 2.75) is 33.2 Å². The summed E-state index contributed by atoms with van der Waals surface area (Å²) in [6.07, 6.45) is 1.14. The van der Waals surface area contributed by atoms with Crippen molar-refractivity contribution in [3.8, 4) is 0 Å². The van der Waals surface area contributed by atoms with Crippen LogP contribution in [0.3, 0.4) is 0 Å². The smallest absolute Gasteiger partial charge is 0.0599 e. The first kappa shape index (κ1) is 15.8. The summed E-state index contributed by atoms with van der Waals surface area (Å²) in [6, 6.07) is 0.127. The minimum absolute atomic E-state index is 0.127. The Bertz CT molecular complexity index is 147. The SMILES string of the molecule is CCN(CC)CCCN(CC)C(CN)CO. The van der Waals surface area contributed by atoms with Crippen LogP contribution in [-0.4, -0.2) is 66.8 Å². The average molecular weight is 231 g/mol. The van der Waals surface area contributed by atoms with E-state index in [1.165, 1.54) is 0 Å². The van der Waals surface area contributed by atoms with Gasteiger partial charge in [-0.05, 0) is 39.1 Å². The quantitative estimate of drug-likeness (QED) is 0.570. The standard InChI is InChI=1S/C12H29N3O/c1-4-14(5-2)8-7-9-15(6-3)12(10-13)11-16/h12,16H,4-11,13H2,1-3H3. The zero-order valence-electron chi connectivity index (χ0n) is 11.2. The largest absolute Gasteiger partial charge is 0.395 e. The molecule has 0 aliphatic rings. The van der Waals surface area contributed by atoms with Crippen LogP contribution in [0.1, 0.15) is 27.2 Å². The van der Waals surface area contributed by atoms with Gasteiger partial charge in [-0.25, -0.2) is 0 Å². The number of rotatable bonds is 10. The van der Waals surface area contributed by atoms with Crippen LogP contribution in [0.25, 0.3) is 0 Å². The summed E-state index contributed by atoms with van der Waals surface area (Å²) >= 11 is 0. The molecule has 0 saturated carbocycles. The lowest BCUT2D eigenvalue weighted by Crippen LogP contribution is -2.44. The molecule has 16 heavy (non-hydrogen) atoms. The van der Waals surface area contributed by atoms with Crippen molar-refractivity contribution in [1.29, 1.82) is 0 Å². The third kappa shape index (κ3) is 5.80. The lowest BCUT2D eigenvalue weighted by Gasteiger charge is -2.29. The van der Waals surface area contributed by atoms with E-state index < -0.39 is 0 Å². The van der Waals surface area contributed by atoms with Gasteiger partial charge in [-0.2, -0.15) is 0 Å². The van der Waals surface area contributed by atoms with E-state index in [1.54, 1.807) is 0 Å². The van der Waals surface area contributed by atoms with Gasteiger partial charge >= 0.3 is 0 Å². The normalized spacial score (nSPS) is 13.7. The highest BCUT2D eigenvalue weighted by molar-refractivity contribution is 4.71. The van der Waals surface area contributed by atoms with Crippen LogP contribution < -0.4 is 5.73 Å². The molecule has 0 fully saturated rings. The molecular weight excluding hydrogens is 202 g/mol. The van der Waals surface area contributed by atoms with Gasteiger partial charge in [0, 0.05) is 12.6 Å². The van der Waals surface area contributed by atoms with Gasteiger partial charge in [0.1, 0.15) is 0 Å². The number of aliphatic hydroxyl groups excluding tert-OH is 1. The van der Waals surface area contributed by atoms with Gasteiger partial charge in [-0.1, -0.05) is 20.8 Å². The molecule has 0 spiro atoms. The lowest BCUT2D eigenvalue weighted by molar-refractivity contribution is 0.127. The number of likely N-dealkylation sites (N-methyl/N-ethyl adjacent to an activating group) is 1. The van der Waals surface area contributed by atoms with Gasteiger partial charge in [0.2, 0.25) is 0 Å². The maximum absolute atomic E-state index is 9.20. The van der Waals surface area contributed by atoms with E-state index in [4.69, 9.17) is 5.73 Å². The third-order valence-corrected chi connectivity index (χ3v) is 3.22. The summed E-state index contributed by atoms with van der Waals surface area (Å²) in [6.45, 7) is 12.5. The molecule has 1 atom stereocenters. The fourth-order valence-electron chi connectivity index (χ4n) is 1.98. The van der Waals surface area contributed by atoms with E-state index in [0.717, 1.165) is 39.1 Å². The summed E-state index contributed by atoms with van der Waals surface area (Å²) in [7, 11) is 0. The minimum Gasteiger partial charge on any atom is -0.395 e. The van der Waals surface area contributed by atoms with Gasteiger partial charge in [0.15, 0.2) is 0 Å². The molecule has 0 amide bonds. The second kappa shape index (κ2) is 10.0. The highest BCUT2D eigenvalue weighted by Crippen LogP contribution is 2.00. The Hall–Kier alpha value is -0.160. The van der Waals surface area contributed by atoms with Crippen LogP contribution in [0.2, 0.25) is 0 Å². The van der Waals surface area contributed by atoms with Crippen LogP contribution in [0.4, 0.5) is 0 Å². The molecule has 0 heterocycles. The van der Waals surface area contributed by atoms with Crippen molar-refractivity contribution in [2.24, 2.45) is 5.73 Å². The fraction of sp³-hybridized carbons (Fsp3) is 1.00. The number of hydrogen-bond donors (Lipinski definition) is 2. The molecule has 0 bridgehead atoms. The van der Waals surface area contributed by atoms with Crippen molar-refractivity contribution in [2.75, 3.05) is 45.9 Å². The Kier molecular flexibility index (Phi) is 9.92. The van der Waals surface area contributed by atoms with Gasteiger partial charge in [-0.3, -0.25) is 4.90 Å². The highest BCUT2D eigenvalue weighted by Gasteiger charge is 2.13. The summed E-state index contributed by atoms with van der Waals surface area (Å²) in [5, 5.41) is 9.20. The Morgan fingerprint density at radius 3 is 2.06 bits per heavy atom. The second-order valence-electron chi connectivity index (χ2n) is 4.08. The van der Waals surface area contributed by atoms with Crippen LogP contribution in [-0.2, 0) is 0 Å². The van der Waals surface area contributed by atoms with Crippen LogP contribution in [0, 0.1) is 0 Å². The molecule has 0 saturated heterocycles. The van der Waals surface area contributed by atoms with Crippen molar-refractivity contribution >= 4 is 0 Å². The molecular formula is C12H29N3O. The maximum atomic E-state index is 9.20. The lowest BCUT2D eigenvalue weighted by atomic mass is 10.2. The number of hydrogen-bond acceptors (Lipinski definition) is 4. The van der Waals surface area contributed by atoms with Crippen LogP contribution in [0.5, 0.6) is 0 Å². The molecule has 0 rings (SSSR count). The Balaban J connectivity index is 3.85. The Morgan fingerprint density at radius 1 is 1.06 bits per heavy atom. The molecule has 3 N–H and O–H groups in total. The van der Waals surface area contributed by atoms with E-state index in [9.17, 15) is 5.11 Å². The third-order valence-electron chi connectivity index (χ3n) is 3.22. The zero-order valence-corrected chi connectivity index (χ0v) is 11.2. The summed E-state index contributed by atoms with van der Waals surface area (Å²) < 4.78 is 0. The number of nitrogens with zero attached hydrogens (tertiary/aromatic N) is 2. The molecule has 0 aromatic heterocycles. The van der Waals surface area contributed by atoms with Gasteiger partial charge in [-0.15, -0.1) is 0 Å². The maximum Gasteiger partial charge on any atom is 0.0599 e. The molecule has 1 unspecified atom stereocenters. The predicted molar refractivity (Wildman–Crippen MR) is 69.6 cm³/mol. The van der Waals surface area contributed by atoms with Crippen molar-refractivity contribution < 1.29 is 5.11 Å². The van der Waals surface area contributed by atoms with Crippen LogP contribution in [0.15, 0.2) is 0 Å². The van der Waals surface area contributed by atoms with E-state index in [0.29, 0.717) is 6.54 Å². The van der Waals surface area contributed by atoms with Crippen molar-refractivity contribution in [3.05, 3.63) is 0 Å². The van der Waals surface area contributed by atoms with Gasteiger partial charge in [0.05, 0.1) is 6.61 Å². The second-order valence-corrected chi connectivity index (χ2v) is 4.08. The van der Waals surface area contributed by atoms with E-state index in [2.05, 4.69) is 30.6 Å². The molecule has 4 heteroatoms. The van der Waals surface area contributed by atoms with E-state index >= 15 is 0 Å². The molecule has 0 aliphatic carbocycles. The summed E-state index contributed by atoms with van der Waals surface area (Å²) in [5.41, 5.74) is 5.63. The van der Waals surface area contributed by atoms with E-state index in [-0.39, 0.29) is 12.6 Å². The Labute approximate surface area is 100 Å². The van der Waals surface area contributed by atoms with Crippen LogP contribution >= 0.6 is 0 Å². The van der Waals surface area contributed by atoms with Crippen molar-refractivity contribution in [3.63, 3.8) is 0 Å². The molecule has 4 nitrogen and oxygen atoms in total. The minimum atomic E-state index is 0.127. The average Bonchev–Trinajstić information content (AvgIpc) is 2.33. The zero-order chi connectivity index (χ0) is 12.4. The Morgan fingerprint density at radius 2 is 1.69 bits per heavy atom. The number of aliphatic hydroxyl groups is 1. The van der Waals surface area contributed by atoms with Gasteiger partial charge < -0.3 is 15.7 Å². The molecule has 0 aromatic carbocycles. The highest BCUT2D eigenvalue weighted by atomic mass is 16.3. The first-order chi connectivity index (χ1) is 7.73. The first-order valence-electron chi connectivity index (χ1n) is 6.50. The summed E-state index contributed by atoms with van der Waals surface area (Å²) in [4.78, 5) is 4.69. The first-order valence-corrected chi connectivity index (χ1v) is 6.50. The molecule has 0 radical (unpaired) electrons. The summed E-state index contributed by atoms with van der Waals surface area (Å²) in [5.74, 6) is 0. The predicted octanol–water partition coefficient (Wildman–Crippen LogP) is 0.360. The fourth-order valence-corrected chi connectivity index (χ4v) is 1.98. The monoisotopic (exact) mass is 231 g/mol. The topological polar surface area (TPSA) is 52.7 Å². The van der Waals surface area contributed by atoms with E-state index in [1.807, 2.05) is 0 Å². The number of nitrogens with two attached hydrogens (primary N) is 1. The molecule has 0 aromatic rings. The van der Waals surface area contributed by atoms with Gasteiger partial charge in [0.25, 0.3) is 0 Å². The molecule has 98 valence electrons. The van der Waals surface area contributed by atoms with Crippen molar-refractivity contribution in [1.82, 2.24) is 9.80 Å².